The summed E-state index contributed by atoms with van der Waals surface area (Å²) in [5, 5.41) is 2.79. The highest BCUT2D eigenvalue weighted by atomic mass is 19.1. The standard InChI is InChI=1S/C15H20FNO.CH3B/c1-10-4-6-12(7-5-10)11(2)15(3)13(8-16)9-17-14(15)18;1-2/h4-7,11,13H,8-9H2,1-3H3,(H,17,18);1H3/t11?,13-,15+;/m0./s1. The van der Waals surface area contributed by atoms with E-state index in [-0.39, 0.29) is 17.7 Å². The first kappa shape index (κ1) is 16.7. The minimum Gasteiger partial charge on any atom is -0.355 e. The third-order valence-electron chi connectivity index (χ3n) is 4.51. The number of alkyl halides is 1. The third-order valence-corrected chi connectivity index (χ3v) is 4.51. The molecule has 2 radical (unpaired) electrons. The Balaban J connectivity index is 0.000000956. The molecule has 0 aliphatic carbocycles. The Bertz CT molecular complexity index is 448. The lowest BCUT2D eigenvalue weighted by atomic mass is 9.68. The van der Waals surface area contributed by atoms with Gasteiger partial charge in [-0.15, -0.1) is 0 Å². The predicted molar refractivity (Wildman–Crippen MR) is 81.8 cm³/mol. The van der Waals surface area contributed by atoms with Gasteiger partial charge in [0.15, 0.2) is 0 Å². The molecule has 1 unspecified atom stereocenters. The van der Waals surface area contributed by atoms with Gasteiger partial charge in [0.25, 0.3) is 0 Å². The Kier molecular flexibility index (Phi) is 5.79. The monoisotopic (exact) mass is 275 g/mol. The number of aryl methyl sites for hydroxylation is 1. The fraction of sp³-hybridized carbons (Fsp3) is 0.562. The lowest BCUT2D eigenvalue weighted by molar-refractivity contribution is -0.129. The number of benzene rings is 1. The largest absolute Gasteiger partial charge is 0.355 e. The van der Waals surface area contributed by atoms with E-state index in [1.54, 1.807) is 0 Å². The van der Waals surface area contributed by atoms with Gasteiger partial charge >= 0.3 is 0 Å². The summed E-state index contributed by atoms with van der Waals surface area (Å²) in [7, 11) is 4.50. The van der Waals surface area contributed by atoms with Crippen molar-refractivity contribution in [2.45, 2.75) is 33.5 Å². The van der Waals surface area contributed by atoms with Crippen LogP contribution in [0.3, 0.4) is 0 Å². The van der Waals surface area contributed by atoms with Crippen molar-refractivity contribution < 1.29 is 9.18 Å². The Morgan fingerprint density at radius 2 is 1.95 bits per heavy atom. The van der Waals surface area contributed by atoms with E-state index >= 15 is 0 Å². The second-order valence-electron chi connectivity index (χ2n) is 5.48. The van der Waals surface area contributed by atoms with Gasteiger partial charge in [0, 0.05) is 12.5 Å². The van der Waals surface area contributed by atoms with Crippen molar-refractivity contribution in [2.24, 2.45) is 11.3 Å². The molecule has 0 bridgehead atoms. The summed E-state index contributed by atoms with van der Waals surface area (Å²) in [4.78, 5) is 12.1. The van der Waals surface area contributed by atoms with E-state index in [9.17, 15) is 9.18 Å². The number of carbonyl (C=O) groups is 1. The Hall–Kier alpha value is -1.32. The summed E-state index contributed by atoms with van der Waals surface area (Å²) in [5.74, 6) is -0.249. The number of rotatable bonds is 3. The van der Waals surface area contributed by atoms with Crippen molar-refractivity contribution in [2.75, 3.05) is 13.2 Å². The summed E-state index contributed by atoms with van der Waals surface area (Å²) in [6.07, 6.45) is 0. The van der Waals surface area contributed by atoms with E-state index < -0.39 is 12.1 Å². The molecule has 0 spiro atoms. The van der Waals surface area contributed by atoms with Gasteiger partial charge in [0.1, 0.15) is 0 Å². The van der Waals surface area contributed by atoms with Crippen molar-refractivity contribution >= 4 is 13.8 Å². The van der Waals surface area contributed by atoms with Gasteiger partial charge in [0.05, 0.1) is 19.9 Å². The highest BCUT2D eigenvalue weighted by molar-refractivity contribution is 6.05. The second kappa shape index (κ2) is 6.91. The third kappa shape index (κ3) is 2.89. The molecule has 1 aliphatic heterocycles. The molecule has 1 aromatic carbocycles. The molecule has 1 saturated heterocycles. The van der Waals surface area contributed by atoms with E-state index in [2.05, 4.69) is 13.2 Å². The minimum absolute atomic E-state index is 0.0151. The molecule has 0 aromatic heterocycles. The normalized spacial score (nSPS) is 26.4. The van der Waals surface area contributed by atoms with Crippen LogP contribution in [0.4, 0.5) is 4.39 Å². The molecule has 3 atom stereocenters. The van der Waals surface area contributed by atoms with Crippen LogP contribution >= 0.6 is 0 Å². The van der Waals surface area contributed by atoms with Crippen molar-refractivity contribution in [3.63, 3.8) is 0 Å². The highest BCUT2D eigenvalue weighted by Crippen LogP contribution is 2.45. The topological polar surface area (TPSA) is 29.1 Å². The average Bonchev–Trinajstić information content (AvgIpc) is 2.78. The molecule has 1 aromatic rings. The number of carbonyl (C=O) groups excluding carboxylic acids is 1. The van der Waals surface area contributed by atoms with E-state index in [0.717, 1.165) is 5.56 Å². The molecular weight excluding hydrogens is 252 g/mol. The first-order valence-electron chi connectivity index (χ1n) is 6.98. The number of hydrogen-bond donors (Lipinski definition) is 1. The zero-order chi connectivity index (χ0) is 15.3. The molecule has 1 N–H and O–H groups in total. The maximum atomic E-state index is 13.1. The first-order chi connectivity index (χ1) is 9.50. The van der Waals surface area contributed by atoms with Gasteiger partial charge in [0.2, 0.25) is 5.91 Å². The van der Waals surface area contributed by atoms with Gasteiger partial charge in [-0.3, -0.25) is 9.18 Å². The van der Waals surface area contributed by atoms with Crippen molar-refractivity contribution in [3.05, 3.63) is 35.4 Å². The minimum atomic E-state index is -0.649. The van der Waals surface area contributed by atoms with Crippen LogP contribution < -0.4 is 5.32 Å². The van der Waals surface area contributed by atoms with Crippen LogP contribution in [0.2, 0.25) is 6.82 Å². The summed E-state index contributed by atoms with van der Waals surface area (Å²) >= 11 is 0. The van der Waals surface area contributed by atoms with Crippen LogP contribution in [-0.2, 0) is 4.79 Å². The molecule has 20 heavy (non-hydrogen) atoms. The fourth-order valence-corrected chi connectivity index (χ4v) is 2.77. The maximum absolute atomic E-state index is 13.1. The molecule has 1 heterocycles. The first-order valence-corrected chi connectivity index (χ1v) is 6.98. The molecular formula is C16H23BFNO. The molecule has 1 amide bonds. The predicted octanol–water partition coefficient (Wildman–Crippen LogP) is 3.02. The Labute approximate surface area is 122 Å². The second-order valence-corrected chi connectivity index (χ2v) is 5.48. The van der Waals surface area contributed by atoms with Gasteiger partial charge in [-0.2, -0.15) is 0 Å². The van der Waals surface area contributed by atoms with Crippen LogP contribution in [0.25, 0.3) is 0 Å². The van der Waals surface area contributed by atoms with Crippen molar-refractivity contribution in [1.29, 1.82) is 0 Å². The maximum Gasteiger partial charge on any atom is 0.227 e. The molecule has 4 heteroatoms. The van der Waals surface area contributed by atoms with E-state index in [4.69, 9.17) is 0 Å². The van der Waals surface area contributed by atoms with Gasteiger partial charge < -0.3 is 5.32 Å². The van der Waals surface area contributed by atoms with Gasteiger partial charge in [-0.1, -0.05) is 43.6 Å². The Morgan fingerprint density at radius 3 is 2.45 bits per heavy atom. The molecule has 1 fully saturated rings. The van der Waals surface area contributed by atoms with Crippen LogP contribution in [0.1, 0.15) is 30.9 Å². The summed E-state index contributed by atoms with van der Waals surface area (Å²) < 4.78 is 13.1. The summed E-state index contributed by atoms with van der Waals surface area (Å²) in [6, 6.07) is 8.14. The number of nitrogens with one attached hydrogen (secondary N) is 1. The van der Waals surface area contributed by atoms with E-state index in [0.29, 0.717) is 6.54 Å². The van der Waals surface area contributed by atoms with Crippen molar-refractivity contribution in [3.8, 4) is 0 Å². The summed E-state index contributed by atoms with van der Waals surface area (Å²) in [5.41, 5.74) is 1.64. The van der Waals surface area contributed by atoms with Crippen LogP contribution in [0.5, 0.6) is 0 Å². The van der Waals surface area contributed by atoms with Gasteiger partial charge in [-0.25, -0.2) is 0 Å². The molecule has 2 rings (SSSR count). The molecule has 108 valence electrons. The quantitative estimate of drug-likeness (QED) is 0.844. The molecule has 1 aliphatic rings. The van der Waals surface area contributed by atoms with Crippen LogP contribution in [0, 0.1) is 18.3 Å². The van der Waals surface area contributed by atoms with Crippen LogP contribution in [-0.4, -0.2) is 27.0 Å². The lowest BCUT2D eigenvalue weighted by Crippen LogP contribution is -2.37. The van der Waals surface area contributed by atoms with E-state index in [1.807, 2.05) is 45.0 Å². The molecule has 0 saturated carbocycles. The number of amides is 1. The number of halogens is 1. The highest BCUT2D eigenvalue weighted by Gasteiger charge is 2.50. The SMILES string of the molecule is Cc1ccc(C(C)[C@@]2(C)C(=O)NC[C@@H]2CF)cc1.[B]C. The van der Waals surface area contributed by atoms with Crippen molar-refractivity contribution in [1.82, 2.24) is 5.32 Å². The smallest absolute Gasteiger partial charge is 0.227 e. The Morgan fingerprint density at radius 1 is 1.40 bits per heavy atom. The van der Waals surface area contributed by atoms with Gasteiger partial charge in [-0.05, 0) is 25.3 Å². The number of hydrogen-bond acceptors (Lipinski definition) is 1. The lowest BCUT2D eigenvalue weighted by Gasteiger charge is -2.33. The summed E-state index contributed by atoms with van der Waals surface area (Å²) in [6.45, 7) is 7.42. The average molecular weight is 275 g/mol. The van der Waals surface area contributed by atoms with E-state index in [1.165, 1.54) is 12.4 Å². The van der Waals surface area contributed by atoms with Crippen LogP contribution in [0.15, 0.2) is 24.3 Å². The zero-order valence-electron chi connectivity index (χ0n) is 12.7. The molecule has 2 nitrogen and oxygen atoms in total. The zero-order valence-corrected chi connectivity index (χ0v) is 12.7. The fourth-order valence-electron chi connectivity index (χ4n) is 2.77.